The minimum absolute atomic E-state index is 0. The third kappa shape index (κ3) is 4.69. The molecule has 0 saturated heterocycles. The molecule has 3 rings (SSSR count). The Kier molecular flexibility index (Phi) is 7.03. The molecule has 0 spiro atoms. The zero-order chi connectivity index (χ0) is 16.1. The number of aliphatic imine (C=N–C) groups is 1. The summed E-state index contributed by atoms with van der Waals surface area (Å²) >= 11 is 0. The summed E-state index contributed by atoms with van der Waals surface area (Å²) in [5.74, 6) is 2.24. The van der Waals surface area contributed by atoms with E-state index < -0.39 is 6.10 Å². The number of halogens is 1. The molecule has 2 aromatic rings. The normalized spacial score (nSPS) is 18.4. The van der Waals surface area contributed by atoms with E-state index in [1.54, 1.807) is 24.7 Å². The number of hydrogen-bond acceptors (Lipinski definition) is 5. The van der Waals surface area contributed by atoms with Crippen LogP contribution in [-0.2, 0) is 13.0 Å². The topological polar surface area (TPSA) is 100 Å². The molecule has 0 aromatic carbocycles. The molecule has 0 amide bonds. The summed E-state index contributed by atoms with van der Waals surface area (Å²) in [5, 5.41) is 20.9. The van der Waals surface area contributed by atoms with Gasteiger partial charge in [0.25, 0.3) is 0 Å². The lowest BCUT2D eigenvalue weighted by Crippen LogP contribution is -2.47. The lowest BCUT2D eigenvalue weighted by molar-refractivity contribution is 0.158. The van der Waals surface area contributed by atoms with Gasteiger partial charge >= 0.3 is 0 Å². The van der Waals surface area contributed by atoms with Gasteiger partial charge in [-0.3, -0.25) is 4.99 Å². The fourth-order valence-electron chi connectivity index (χ4n) is 2.62. The molecular weight excluding hydrogens is 423 g/mol. The van der Waals surface area contributed by atoms with Crippen LogP contribution < -0.4 is 10.6 Å². The number of aliphatic hydroxyl groups is 1. The van der Waals surface area contributed by atoms with Crippen molar-refractivity contribution >= 4 is 29.9 Å². The van der Waals surface area contributed by atoms with Gasteiger partial charge in [-0.25, -0.2) is 9.67 Å². The van der Waals surface area contributed by atoms with Crippen LogP contribution in [0.1, 0.15) is 31.0 Å². The molecule has 1 aliphatic rings. The molecule has 0 bridgehead atoms. The molecule has 0 saturated carbocycles. The zero-order valence-corrected chi connectivity index (χ0v) is 15.9. The number of nitrogens with one attached hydrogen (secondary N) is 2. The molecule has 2 aromatic heterocycles. The highest BCUT2D eigenvalue weighted by Gasteiger charge is 2.20. The highest BCUT2D eigenvalue weighted by Crippen LogP contribution is 2.13. The monoisotopic (exact) mass is 446 g/mol. The predicted octanol–water partition coefficient (Wildman–Crippen LogP) is 1.09. The Balaban J connectivity index is 0.00000208. The fourth-order valence-corrected chi connectivity index (χ4v) is 2.62. The summed E-state index contributed by atoms with van der Waals surface area (Å²) in [6.45, 7) is 3.77. The Bertz CT molecular complexity index is 642. The van der Waals surface area contributed by atoms with Gasteiger partial charge in [0.05, 0.1) is 19.4 Å². The van der Waals surface area contributed by atoms with E-state index >= 15 is 0 Å². The third-order valence-corrected chi connectivity index (χ3v) is 3.78. The molecule has 3 N–H and O–H groups in total. The van der Waals surface area contributed by atoms with Crippen molar-refractivity contribution in [2.24, 2.45) is 4.99 Å². The van der Waals surface area contributed by atoms with Crippen LogP contribution >= 0.6 is 24.0 Å². The number of aryl methyl sites for hydroxylation is 1. The molecule has 24 heavy (non-hydrogen) atoms. The zero-order valence-electron chi connectivity index (χ0n) is 13.6. The molecule has 132 valence electrons. The molecular formula is C15H23IN6O2. The molecule has 8 nitrogen and oxygen atoms in total. The van der Waals surface area contributed by atoms with Gasteiger partial charge in [-0.15, -0.1) is 24.0 Å². The first-order chi connectivity index (χ1) is 11.3. The van der Waals surface area contributed by atoms with Crippen LogP contribution in [0.15, 0.2) is 34.1 Å². The van der Waals surface area contributed by atoms with Gasteiger partial charge in [-0.2, -0.15) is 5.10 Å². The van der Waals surface area contributed by atoms with Gasteiger partial charge in [0, 0.05) is 19.0 Å². The summed E-state index contributed by atoms with van der Waals surface area (Å²) in [5.41, 5.74) is 0. The van der Waals surface area contributed by atoms with Crippen molar-refractivity contribution in [2.75, 3.05) is 13.1 Å². The molecule has 0 radical (unpaired) electrons. The van der Waals surface area contributed by atoms with Gasteiger partial charge < -0.3 is 20.2 Å². The van der Waals surface area contributed by atoms with Gasteiger partial charge in [0.1, 0.15) is 24.0 Å². The Hall–Kier alpha value is -1.62. The maximum Gasteiger partial charge on any atom is 0.191 e. The Labute approximate surface area is 157 Å². The van der Waals surface area contributed by atoms with E-state index in [1.807, 2.05) is 11.6 Å². The summed E-state index contributed by atoms with van der Waals surface area (Å²) < 4.78 is 7.11. The number of fused-ring (bicyclic) bond motifs is 1. The van der Waals surface area contributed by atoms with Gasteiger partial charge in [-0.05, 0) is 25.5 Å². The van der Waals surface area contributed by atoms with Crippen LogP contribution in [0.3, 0.4) is 0 Å². The summed E-state index contributed by atoms with van der Waals surface area (Å²) in [6, 6.07) is 3.74. The molecule has 2 atom stereocenters. The number of rotatable bonds is 5. The number of aromatic nitrogens is 3. The number of nitrogens with zero attached hydrogens (tertiary/aromatic N) is 4. The second-order valence-corrected chi connectivity index (χ2v) is 5.49. The Morgan fingerprint density at radius 1 is 1.58 bits per heavy atom. The van der Waals surface area contributed by atoms with Crippen molar-refractivity contribution in [3.8, 4) is 0 Å². The van der Waals surface area contributed by atoms with Crippen molar-refractivity contribution < 1.29 is 9.52 Å². The summed E-state index contributed by atoms with van der Waals surface area (Å²) in [7, 11) is 0. The largest absolute Gasteiger partial charge is 0.467 e. The smallest absolute Gasteiger partial charge is 0.191 e. The second kappa shape index (κ2) is 9.02. The van der Waals surface area contributed by atoms with Gasteiger partial charge in [0.15, 0.2) is 5.96 Å². The van der Waals surface area contributed by atoms with Crippen molar-refractivity contribution in [2.45, 2.75) is 38.5 Å². The average molecular weight is 446 g/mol. The van der Waals surface area contributed by atoms with Crippen LogP contribution in [-0.4, -0.2) is 45.0 Å². The van der Waals surface area contributed by atoms with E-state index in [0.29, 0.717) is 11.7 Å². The summed E-state index contributed by atoms with van der Waals surface area (Å²) in [6.07, 6.45) is 4.27. The Morgan fingerprint density at radius 3 is 3.21 bits per heavy atom. The minimum Gasteiger partial charge on any atom is -0.467 e. The van der Waals surface area contributed by atoms with E-state index in [4.69, 9.17) is 4.42 Å². The third-order valence-electron chi connectivity index (χ3n) is 3.78. The maximum absolute atomic E-state index is 10.1. The number of hydrogen-bond donors (Lipinski definition) is 3. The molecule has 1 aliphatic heterocycles. The van der Waals surface area contributed by atoms with Crippen molar-refractivity contribution in [3.63, 3.8) is 0 Å². The van der Waals surface area contributed by atoms with E-state index in [0.717, 1.165) is 31.8 Å². The predicted molar refractivity (Wildman–Crippen MR) is 100 cm³/mol. The fraction of sp³-hybridized carbons (Fsp3) is 0.533. The first kappa shape index (κ1) is 18.7. The lowest BCUT2D eigenvalue weighted by Gasteiger charge is -2.25. The van der Waals surface area contributed by atoms with Crippen LogP contribution in [0, 0.1) is 0 Å². The molecule has 3 heterocycles. The van der Waals surface area contributed by atoms with E-state index in [1.165, 1.54) is 0 Å². The quantitative estimate of drug-likeness (QED) is 0.361. The highest BCUT2D eigenvalue weighted by atomic mass is 127. The maximum atomic E-state index is 10.1. The van der Waals surface area contributed by atoms with Gasteiger partial charge in [-0.1, -0.05) is 0 Å². The van der Waals surface area contributed by atoms with E-state index in [-0.39, 0.29) is 36.6 Å². The average Bonchev–Trinajstić information content (AvgIpc) is 3.23. The van der Waals surface area contributed by atoms with Crippen LogP contribution in [0.4, 0.5) is 0 Å². The van der Waals surface area contributed by atoms with E-state index in [2.05, 4.69) is 25.7 Å². The second-order valence-electron chi connectivity index (χ2n) is 5.49. The summed E-state index contributed by atoms with van der Waals surface area (Å²) in [4.78, 5) is 8.68. The lowest BCUT2D eigenvalue weighted by atomic mass is 10.1. The van der Waals surface area contributed by atoms with Crippen LogP contribution in [0.25, 0.3) is 0 Å². The van der Waals surface area contributed by atoms with E-state index in [9.17, 15) is 5.11 Å². The molecule has 9 heteroatoms. The van der Waals surface area contributed by atoms with Crippen LogP contribution in [0.5, 0.6) is 0 Å². The molecule has 0 aliphatic carbocycles. The molecule has 2 unspecified atom stereocenters. The van der Waals surface area contributed by atoms with Gasteiger partial charge in [0.2, 0.25) is 0 Å². The Morgan fingerprint density at radius 2 is 2.46 bits per heavy atom. The molecule has 0 fully saturated rings. The van der Waals surface area contributed by atoms with Crippen molar-refractivity contribution in [1.29, 1.82) is 0 Å². The first-order valence-corrected chi connectivity index (χ1v) is 7.89. The highest BCUT2D eigenvalue weighted by molar-refractivity contribution is 14.0. The first-order valence-electron chi connectivity index (χ1n) is 7.89. The number of guanidine groups is 1. The minimum atomic E-state index is -0.742. The SMILES string of the molecule is CCNC(=NCC(O)c1ccco1)NC1CCc2ncnn2C1.I. The standard InChI is InChI=1S/C15H22N6O2.HI/c1-2-16-15(17-8-12(22)13-4-3-7-23-13)20-11-5-6-14-18-10-19-21(14)9-11;/h3-4,7,10-12,22H,2,5-6,8-9H2,1H3,(H2,16,17,20);1H. The van der Waals surface area contributed by atoms with Crippen molar-refractivity contribution in [1.82, 2.24) is 25.4 Å². The number of aliphatic hydroxyl groups excluding tert-OH is 1. The van der Waals surface area contributed by atoms with Crippen LogP contribution in [0.2, 0.25) is 0 Å². The number of furan rings is 1. The van der Waals surface area contributed by atoms with Crippen molar-refractivity contribution in [3.05, 3.63) is 36.3 Å².